The van der Waals surface area contributed by atoms with Gasteiger partial charge >= 0.3 is 0 Å². The third-order valence-electron chi connectivity index (χ3n) is 11.4. The monoisotopic (exact) mass is 884 g/mol. The van der Waals surface area contributed by atoms with E-state index in [1.807, 2.05) is 6.08 Å². The molecule has 0 aromatic heterocycles. The Hall–Kier alpha value is -3.21. The van der Waals surface area contributed by atoms with Gasteiger partial charge in [0, 0.05) is 6.42 Å². The van der Waals surface area contributed by atoms with Gasteiger partial charge in [-0.1, -0.05) is 251 Å². The number of nitrogens with one attached hydrogen (secondary N) is 1. The molecule has 0 aliphatic rings. The second kappa shape index (κ2) is 54.1. The number of aliphatic hydroxyl groups excluding tert-OH is 2. The maximum Gasteiger partial charge on any atom is 0.220 e. The fraction of sp³-hybridized carbons (Fsp3) is 0.650. The number of unbranched alkanes of at least 4 members (excludes halogenated alkanes) is 22. The number of hydrogen-bond donors (Lipinski definition) is 3. The smallest absolute Gasteiger partial charge is 0.220 e. The van der Waals surface area contributed by atoms with Crippen LogP contribution in [-0.2, 0) is 4.79 Å². The summed E-state index contributed by atoms with van der Waals surface area (Å²) in [6, 6.07) is -0.653. The highest BCUT2D eigenvalue weighted by atomic mass is 16.3. The molecule has 364 valence electrons. The standard InChI is InChI=1S/C60H101NO3/c1-3-5-7-9-11-13-15-17-19-21-23-24-25-26-27-28-29-30-31-32-33-34-35-36-38-40-42-44-46-48-50-52-54-56-60(64)61-58(57-62)59(63)55-53-51-49-47-45-43-41-39-37-22-20-18-16-14-12-10-8-6-4-2/h5,7,11,13,17,19,23-24,26-27,29-30,32-33,35-36,45,47,53,55,58-59,62-63H,3-4,6,8-10,12,14-16,18,20-22,25,28,31,34,37-44,46,48-52,54,56-57H2,1-2H3,(H,61,64)/b7-5-,13-11-,19-17-,24-23-,27-26-,30-29-,33-32-,36-35-,47-45+,55-53+. The van der Waals surface area contributed by atoms with Crippen molar-refractivity contribution in [2.75, 3.05) is 6.61 Å². The zero-order valence-corrected chi connectivity index (χ0v) is 41.8. The van der Waals surface area contributed by atoms with E-state index in [2.05, 4.69) is 129 Å². The van der Waals surface area contributed by atoms with Crippen LogP contribution in [-0.4, -0.2) is 34.9 Å². The lowest BCUT2D eigenvalue weighted by Crippen LogP contribution is -2.45. The van der Waals surface area contributed by atoms with Crippen molar-refractivity contribution in [2.45, 2.75) is 244 Å². The van der Waals surface area contributed by atoms with Crippen molar-refractivity contribution < 1.29 is 15.0 Å². The largest absolute Gasteiger partial charge is 0.394 e. The Balaban J connectivity index is 3.66. The Morgan fingerprint density at radius 2 is 0.703 bits per heavy atom. The molecule has 64 heavy (non-hydrogen) atoms. The lowest BCUT2D eigenvalue weighted by molar-refractivity contribution is -0.123. The number of aliphatic hydroxyl groups is 2. The van der Waals surface area contributed by atoms with E-state index in [-0.39, 0.29) is 12.5 Å². The first kappa shape index (κ1) is 60.8. The van der Waals surface area contributed by atoms with Gasteiger partial charge in [-0.25, -0.2) is 0 Å². The molecule has 0 spiro atoms. The Labute approximate surface area is 397 Å². The molecule has 0 fully saturated rings. The van der Waals surface area contributed by atoms with Crippen LogP contribution in [0.2, 0.25) is 0 Å². The molecule has 0 aliphatic carbocycles. The van der Waals surface area contributed by atoms with Crippen molar-refractivity contribution in [2.24, 2.45) is 0 Å². The summed E-state index contributed by atoms with van der Waals surface area (Å²) >= 11 is 0. The highest BCUT2D eigenvalue weighted by Crippen LogP contribution is 2.14. The quantitative estimate of drug-likeness (QED) is 0.0421. The van der Waals surface area contributed by atoms with Gasteiger partial charge in [-0.3, -0.25) is 4.79 Å². The van der Waals surface area contributed by atoms with Gasteiger partial charge in [-0.2, -0.15) is 0 Å². The highest BCUT2D eigenvalue weighted by Gasteiger charge is 2.17. The predicted octanol–water partition coefficient (Wildman–Crippen LogP) is 17.7. The average molecular weight is 884 g/mol. The molecule has 0 bridgehead atoms. The molecule has 3 N–H and O–H groups in total. The second-order valence-electron chi connectivity index (χ2n) is 17.6. The molecule has 2 unspecified atom stereocenters. The van der Waals surface area contributed by atoms with Crippen LogP contribution < -0.4 is 5.32 Å². The molecule has 0 rings (SSSR count). The molecule has 0 aliphatic heterocycles. The maximum atomic E-state index is 12.5. The lowest BCUT2D eigenvalue weighted by atomic mass is 10.0. The van der Waals surface area contributed by atoms with E-state index < -0.39 is 12.1 Å². The molecule has 4 heteroatoms. The summed E-state index contributed by atoms with van der Waals surface area (Å²) in [5.74, 6) is -0.0870. The zero-order chi connectivity index (χ0) is 46.3. The van der Waals surface area contributed by atoms with Gasteiger partial charge in [0.1, 0.15) is 0 Å². The average Bonchev–Trinajstić information content (AvgIpc) is 3.30. The minimum Gasteiger partial charge on any atom is -0.394 e. The molecule has 1 amide bonds. The minimum absolute atomic E-state index is 0.0870. The van der Waals surface area contributed by atoms with Crippen LogP contribution in [0.3, 0.4) is 0 Å². The predicted molar refractivity (Wildman–Crippen MR) is 285 cm³/mol. The Bertz CT molecular complexity index is 1280. The molecule has 0 aromatic rings. The van der Waals surface area contributed by atoms with Crippen molar-refractivity contribution in [3.63, 3.8) is 0 Å². The van der Waals surface area contributed by atoms with Crippen molar-refractivity contribution in [3.05, 3.63) is 122 Å². The van der Waals surface area contributed by atoms with Crippen LogP contribution >= 0.6 is 0 Å². The molecule has 0 heterocycles. The Kier molecular flexibility index (Phi) is 51.4. The molecule has 4 nitrogen and oxygen atoms in total. The first-order chi connectivity index (χ1) is 31.7. The summed E-state index contributed by atoms with van der Waals surface area (Å²) < 4.78 is 0. The molecule has 0 saturated carbocycles. The third kappa shape index (κ3) is 49.8. The first-order valence-electron chi connectivity index (χ1n) is 26.7. The van der Waals surface area contributed by atoms with Gasteiger partial charge in [0.25, 0.3) is 0 Å². The fourth-order valence-electron chi connectivity index (χ4n) is 7.39. The summed E-state index contributed by atoms with van der Waals surface area (Å²) in [6.07, 6.45) is 83.3. The summed E-state index contributed by atoms with van der Waals surface area (Å²) in [6.45, 7) is 4.18. The summed E-state index contributed by atoms with van der Waals surface area (Å²) in [7, 11) is 0. The van der Waals surface area contributed by atoms with Crippen molar-refractivity contribution >= 4 is 5.91 Å². The van der Waals surface area contributed by atoms with Gasteiger partial charge < -0.3 is 15.5 Å². The topological polar surface area (TPSA) is 69.6 Å². The number of amides is 1. The maximum absolute atomic E-state index is 12.5. The fourth-order valence-corrected chi connectivity index (χ4v) is 7.39. The van der Waals surface area contributed by atoms with Gasteiger partial charge in [-0.05, 0) is 96.3 Å². The zero-order valence-electron chi connectivity index (χ0n) is 41.8. The molecule has 0 saturated heterocycles. The lowest BCUT2D eigenvalue weighted by Gasteiger charge is -2.19. The number of carbonyl (C=O) groups excluding carboxylic acids is 1. The number of allylic oxidation sites excluding steroid dienone is 19. The molecule has 0 aromatic carbocycles. The van der Waals surface area contributed by atoms with E-state index in [0.29, 0.717) is 6.42 Å². The minimum atomic E-state index is -0.874. The van der Waals surface area contributed by atoms with Gasteiger partial charge in [0.15, 0.2) is 0 Å². The van der Waals surface area contributed by atoms with E-state index in [1.54, 1.807) is 6.08 Å². The van der Waals surface area contributed by atoms with E-state index in [0.717, 1.165) is 96.3 Å². The molecule has 0 radical (unpaired) electrons. The van der Waals surface area contributed by atoms with E-state index in [1.165, 1.54) is 116 Å². The molecular weight excluding hydrogens is 783 g/mol. The van der Waals surface area contributed by atoms with Crippen molar-refractivity contribution in [1.82, 2.24) is 5.32 Å². The first-order valence-corrected chi connectivity index (χ1v) is 26.7. The van der Waals surface area contributed by atoms with E-state index in [9.17, 15) is 15.0 Å². The normalized spacial score (nSPS) is 13.9. The van der Waals surface area contributed by atoms with Crippen LogP contribution in [0.1, 0.15) is 232 Å². The third-order valence-corrected chi connectivity index (χ3v) is 11.4. The number of carbonyl (C=O) groups is 1. The van der Waals surface area contributed by atoms with Gasteiger partial charge in [0.2, 0.25) is 5.91 Å². The Morgan fingerprint density at radius 3 is 1.09 bits per heavy atom. The van der Waals surface area contributed by atoms with Crippen LogP contribution in [0.4, 0.5) is 0 Å². The summed E-state index contributed by atoms with van der Waals surface area (Å²) in [5, 5.41) is 23.1. The van der Waals surface area contributed by atoms with E-state index in [4.69, 9.17) is 0 Å². The SMILES string of the molecule is CC/C=C\C/C=C\C/C=C\C/C=C\C/C=C\C/C=C\C/C=C\C/C=C\CCCCCCCCCCC(=O)NC(CO)C(O)/C=C/CC/C=C/CCCCCCCCCCCCCCC. The van der Waals surface area contributed by atoms with Gasteiger partial charge in [-0.15, -0.1) is 0 Å². The Morgan fingerprint density at radius 1 is 0.391 bits per heavy atom. The van der Waals surface area contributed by atoms with Crippen LogP contribution in [0, 0.1) is 0 Å². The second-order valence-corrected chi connectivity index (χ2v) is 17.6. The highest BCUT2D eigenvalue weighted by molar-refractivity contribution is 5.76. The number of rotatable bonds is 47. The van der Waals surface area contributed by atoms with Crippen LogP contribution in [0.15, 0.2) is 122 Å². The van der Waals surface area contributed by atoms with Crippen molar-refractivity contribution in [1.29, 1.82) is 0 Å². The van der Waals surface area contributed by atoms with E-state index >= 15 is 0 Å². The summed E-state index contributed by atoms with van der Waals surface area (Å²) in [4.78, 5) is 12.5. The number of hydrogen-bond acceptors (Lipinski definition) is 3. The van der Waals surface area contributed by atoms with Crippen molar-refractivity contribution in [3.8, 4) is 0 Å². The molecule has 2 atom stereocenters. The van der Waals surface area contributed by atoms with Crippen LogP contribution in [0.25, 0.3) is 0 Å². The van der Waals surface area contributed by atoms with Gasteiger partial charge in [0.05, 0.1) is 18.8 Å². The molecular formula is C60H101NO3. The van der Waals surface area contributed by atoms with Crippen LogP contribution in [0.5, 0.6) is 0 Å². The summed E-state index contributed by atoms with van der Waals surface area (Å²) in [5.41, 5.74) is 0.